The maximum atomic E-state index is 9.04. The Morgan fingerprint density at radius 3 is 2.93 bits per heavy atom. The van der Waals surface area contributed by atoms with Gasteiger partial charge in [0.1, 0.15) is 5.82 Å². The number of nitrogens with two attached hydrogens (primary N) is 1. The number of aromatic hydroxyl groups is 1. The number of aromatic amines is 1. The van der Waals surface area contributed by atoms with E-state index in [1.165, 1.54) is 6.20 Å². The third kappa shape index (κ3) is 1.85. The molecule has 72 valence electrons. The number of imidazole rings is 1. The molecule has 1 aromatic carbocycles. The standard InChI is InChI=1S/C10H11N3O/c11-8-3-1-2-7(4-8)5-9-12-6-10(14)13-9/h1-4,6,14H,5,11H2,(H,12,13). The first-order valence-corrected chi connectivity index (χ1v) is 4.31. The van der Waals surface area contributed by atoms with Crippen LogP contribution in [0.1, 0.15) is 11.4 Å². The fourth-order valence-corrected chi connectivity index (χ4v) is 1.34. The number of rotatable bonds is 2. The first kappa shape index (κ1) is 8.62. The predicted octanol–water partition coefficient (Wildman–Crippen LogP) is 1.29. The molecule has 0 aliphatic heterocycles. The van der Waals surface area contributed by atoms with E-state index in [9.17, 15) is 0 Å². The van der Waals surface area contributed by atoms with Crippen LogP contribution in [0.4, 0.5) is 5.69 Å². The highest BCUT2D eigenvalue weighted by Gasteiger charge is 2.00. The molecule has 0 atom stereocenters. The molecule has 0 bridgehead atoms. The normalized spacial score (nSPS) is 10.3. The van der Waals surface area contributed by atoms with Gasteiger partial charge < -0.3 is 15.8 Å². The minimum Gasteiger partial charge on any atom is -0.493 e. The maximum absolute atomic E-state index is 9.04. The number of anilines is 1. The van der Waals surface area contributed by atoms with Gasteiger partial charge in [-0.05, 0) is 17.7 Å². The van der Waals surface area contributed by atoms with Crippen molar-refractivity contribution in [2.45, 2.75) is 6.42 Å². The third-order valence-electron chi connectivity index (χ3n) is 1.94. The van der Waals surface area contributed by atoms with E-state index < -0.39 is 0 Å². The minimum atomic E-state index is 0.0869. The number of nitrogen functional groups attached to an aromatic ring is 1. The lowest BCUT2D eigenvalue weighted by atomic mass is 10.1. The number of benzene rings is 1. The van der Waals surface area contributed by atoms with E-state index >= 15 is 0 Å². The minimum absolute atomic E-state index is 0.0869. The summed E-state index contributed by atoms with van der Waals surface area (Å²) in [5, 5.41) is 9.04. The molecule has 14 heavy (non-hydrogen) atoms. The number of H-pyrrole nitrogens is 1. The van der Waals surface area contributed by atoms with Crippen molar-refractivity contribution in [2.75, 3.05) is 5.73 Å². The Hall–Kier alpha value is -1.97. The van der Waals surface area contributed by atoms with E-state index in [2.05, 4.69) is 9.97 Å². The van der Waals surface area contributed by atoms with Gasteiger partial charge in [-0.3, -0.25) is 0 Å². The average Bonchev–Trinajstić information content (AvgIpc) is 2.51. The monoisotopic (exact) mass is 189 g/mol. The second-order valence-corrected chi connectivity index (χ2v) is 3.14. The molecule has 0 aliphatic rings. The smallest absolute Gasteiger partial charge is 0.208 e. The fraction of sp³-hybridized carbons (Fsp3) is 0.100. The summed E-state index contributed by atoms with van der Waals surface area (Å²) in [5.41, 5.74) is 7.44. The van der Waals surface area contributed by atoms with Crippen LogP contribution in [0, 0.1) is 0 Å². The SMILES string of the molecule is Nc1cccc(Cc2ncc(O)[nH]2)c1. The van der Waals surface area contributed by atoms with Crippen LogP contribution in [-0.4, -0.2) is 15.1 Å². The lowest BCUT2D eigenvalue weighted by Gasteiger charge is -1.99. The molecular formula is C10H11N3O. The van der Waals surface area contributed by atoms with E-state index in [-0.39, 0.29) is 5.88 Å². The summed E-state index contributed by atoms with van der Waals surface area (Å²) in [7, 11) is 0. The first-order chi connectivity index (χ1) is 6.74. The van der Waals surface area contributed by atoms with Crippen LogP contribution >= 0.6 is 0 Å². The quantitative estimate of drug-likeness (QED) is 0.623. The predicted molar refractivity (Wildman–Crippen MR) is 53.9 cm³/mol. The van der Waals surface area contributed by atoms with Crippen molar-refractivity contribution in [1.82, 2.24) is 9.97 Å². The first-order valence-electron chi connectivity index (χ1n) is 4.31. The van der Waals surface area contributed by atoms with E-state index in [0.29, 0.717) is 6.42 Å². The zero-order valence-corrected chi connectivity index (χ0v) is 7.57. The summed E-state index contributed by atoms with van der Waals surface area (Å²) in [6, 6.07) is 7.59. The van der Waals surface area contributed by atoms with Gasteiger partial charge in [0, 0.05) is 12.1 Å². The van der Waals surface area contributed by atoms with Gasteiger partial charge in [0.25, 0.3) is 0 Å². The molecule has 0 amide bonds. The molecule has 0 aliphatic carbocycles. The van der Waals surface area contributed by atoms with Gasteiger partial charge in [-0.25, -0.2) is 4.98 Å². The van der Waals surface area contributed by atoms with Crippen LogP contribution in [-0.2, 0) is 6.42 Å². The van der Waals surface area contributed by atoms with Crippen LogP contribution in [0.5, 0.6) is 5.88 Å². The summed E-state index contributed by atoms with van der Waals surface area (Å²) in [5.74, 6) is 0.817. The molecular weight excluding hydrogens is 178 g/mol. The van der Waals surface area contributed by atoms with Gasteiger partial charge in [0.2, 0.25) is 5.88 Å². The van der Waals surface area contributed by atoms with Gasteiger partial charge in [-0.15, -0.1) is 0 Å². The van der Waals surface area contributed by atoms with Crippen molar-refractivity contribution < 1.29 is 5.11 Å². The largest absolute Gasteiger partial charge is 0.493 e. The Bertz CT molecular complexity index is 436. The zero-order chi connectivity index (χ0) is 9.97. The molecule has 0 unspecified atom stereocenters. The van der Waals surface area contributed by atoms with Crippen LogP contribution in [0.25, 0.3) is 0 Å². The Kier molecular flexibility index (Phi) is 2.10. The van der Waals surface area contributed by atoms with E-state index in [4.69, 9.17) is 10.8 Å². The van der Waals surface area contributed by atoms with Crippen molar-refractivity contribution in [1.29, 1.82) is 0 Å². The molecule has 1 heterocycles. The van der Waals surface area contributed by atoms with Crippen LogP contribution < -0.4 is 5.73 Å². The number of nitrogens with one attached hydrogen (secondary N) is 1. The molecule has 0 saturated heterocycles. The number of aromatic nitrogens is 2. The molecule has 0 spiro atoms. The summed E-state index contributed by atoms with van der Waals surface area (Å²) < 4.78 is 0. The molecule has 2 aromatic rings. The Balaban J connectivity index is 2.18. The number of nitrogens with zero attached hydrogens (tertiary/aromatic N) is 1. The molecule has 0 fully saturated rings. The summed E-state index contributed by atoms with van der Waals surface area (Å²) in [4.78, 5) is 6.74. The van der Waals surface area contributed by atoms with E-state index in [0.717, 1.165) is 17.1 Å². The lowest BCUT2D eigenvalue weighted by Crippen LogP contribution is -1.92. The van der Waals surface area contributed by atoms with Crippen LogP contribution in [0.2, 0.25) is 0 Å². The topological polar surface area (TPSA) is 74.9 Å². The highest BCUT2D eigenvalue weighted by atomic mass is 16.3. The second kappa shape index (κ2) is 3.41. The van der Waals surface area contributed by atoms with Crippen LogP contribution in [0.3, 0.4) is 0 Å². The Morgan fingerprint density at radius 1 is 1.43 bits per heavy atom. The molecule has 4 N–H and O–H groups in total. The molecule has 1 aromatic heterocycles. The third-order valence-corrected chi connectivity index (χ3v) is 1.94. The van der Waals surface area contributed by atoms with Crippen molar-refractivity contribution >= 4 is 5.69 Å². The highest BCUT2D eigenvalue weighted by Crippen LogP contribution is 2.12. The van der Waals surface area contributed by atoms with Gasteiger partial charge in [-0.2, -0.15) is 0 Å². The Morgan fingerprint density at radius 2 is 2.29 bits per heavy atom. The van der Waals surface area contributed by atoms with E-state index in [1.54, 1.807) is 0 Å². The summed E-state index contributed by atoms with van der Waals surface area (Å²) >= 11 is 0. The molecule has 4 nitrogen and oxygen atoms in total. The zero-order valence-electron chi connectivity index (χ0n) is 7.57. The average molecular weight is 189 g/mol. The molecule has 0 radical (unpaired) electrons. The summed E-state index contributed by atoms with van der Waals surface area (Å²) in [6.07, 6.45) is 2.03. The van der Waals surface area contributed by atoms with Gasteiger partial charge in [0.05, 0.1) is 6.20 Å². The second-order valence-electron chi connectivity index (χ2n) is 3.14. The fourth-order valence-electron chi connectivity index (χ4n) is 1.34. The van der Waals surface area contributed by atoms with Crippen LogP contribution in [0.15, 0.2) is 30.5 Å². The summed E-state index contributed by atoms with van der Waals surface area (Å²) in [6.45, 7) is 0. The van der Waals surface area contributed by atoms with Gasteiger partial charge in [0.15, 0.2) is 0 Å². The molecule has 4 heteroatoms. The van der Waals surface area contributed by atoms with Crippen molar-refractivity contribution in [2.24, 2.45) is 0 Å². The maximum Gasteiger partial charge on any atom is 0.208 e. The van der Waals surface area contributed by atoms with Crippen molar-refractivity contribution in [3.63, 3.8) is 0 Å². The Labute approximate surface area is 81.4 Å². The molecule has 0 saturated carbocycles. The van der Waals surface area contributed by atoms with Gasteiger partial charge >= 0.3 is 0 Å². The van der Waals surface area contributed by atoms with E-state index in [1.807, 2.05) is 24.3 Å². The van der Waals surface area contributed by atoms with Gasteiger partial charge in [-0.1, -0.05) is 12.1 Å². The highest BCUT2D eigenvalue weighted by molar-refractivity contribution is 5.41. The number of hydrogen-bond donors (Lipinski definition) is 3. The lowest BCUT2D eigenvalue weighted by molar-refractivity contribution is 0.455. The number of hydrogen-bond acceptors (Lipinski definition) is 3. The van der Waals surface area contributed by atoms with Crippen molar-refractivity contribution in [3.8, 4) is 5.88 Å². The van der Waals surface area contributed by atoms with Crippen molar-refractivity contribution in [3.05, 3.63) is 41.9 Å². The molecule has 2 rings (SSSR count).